The number of rotatable bonds is 4. The molecule has 0 aliphatic heterocycles. The van der Waals surface area contributed by atoms with Crippen molar-refractivity contribution >= 4 is 29.0 Å². The summed E-state index contributed by atoms with van der Waals surface area (Å²) in [5.74, 6) is 1.10. The van der Waals surface area contributed by atoms with Crippen molar-refractivity contribution in [3.8, 4) is 5.88 Å². The zero-order chi connectivity index (χ0) is 13.0. The second-order valence-corrected chi connectivity index (χ2v) is 4.29. The monoisotopic (exact) mass is 283 g/mol. The number of nitrogens with zero attached hydrogens (tertiary/aromatic N) is 2. The summed E-state index contributed by atoms with van der Waals surface area (Å²) in [6.07, 6.45) is 3.13. The Balaban J connectivity index is 2.06. The summed E-state index contributed by atoms with van der Waals surface area (Å²) in [7, 11) is 1.77. The van der Waals surface area contributed by atoms with Crippen LogP contribution in [-0.4, -0.2) is 17.0 Å². The molecule has 1 aromatic carbocycles. The standard InChI is InChI=1S/C12H11Cl2N3O/c1-15-11-5-17-12(6-16-11)18-7-8-9(13)3-2-4-10(8)14/h2-6H,7H2,1H3,(H,15,16). The Morgan fingerprint density at radius 2 is 1.89 bits per heavy atom. The highest BCUT2D eigenvalue weighted by atomic mass is 35.5. The fourth-order valence-electron chi connectivity index (χ4n) is 1.34. The van der Waals surface area contributed by atoms with Gasteiger partial charge in [0.05, 0.1) is 12.4 Å². The lowest BCUT2D eigenvalue weighted by molar-refractivity contribution is 0.293. The van der Waals surface area contributed by atoms with Gasteiger partial charge in [-0.25, -0.2) is 9.97 Å². The fraction of sp³-hybridized carbons (Fsp3) is 0.167. The molecule has 0 aliphatic rings. The number of nitrogens with one attached hydrogen (secondary N) is 1. The van der Waals surface area contributed by atoms with E-state index in [0.717, 1.165) is 5.56 Å². The summed E-state index contributed by atoms with van der Waals surface area (Å²) in [4.78, 5) is 8.18. The van der Waals surface area contributed by atoms with Gasteiger partial charge in [0.25, 0.3) is 0 Å². The lowest BCUT2D eigenvalue weighted by Gasteiger charge is -2.08. The quantitative estimate of drug-likeness (QED) is 0.934. The van der Waals surface area contributed by atoms with Gasteiger partial charge in [-0.1, -0.05) is 29.3 Å². The van der Waals surface area contributed by atoms with Gasteiger partial charge in [-0.2, -0.15) is 0 Å². The van der Waals surface area contributed by atoms with Crippen LogP contribution in [0.25, 0.3) is 0 Å². The molecule has 1 aromatic heterocycles. The highest BCUT2D eigenvalue weighted by Gasteiger charge is 2.06. The first kappa shape index (κ1) is 12.9. The maximum Gasteiger partial charge on any atom is 0.232 e. The molecule has 0 radical (unpaired) electrons. The van der Waals surface area contributed by atoms with Crippen molar-refractivity contribution < 1.29 is 4.74 Å². The van der Waals surface area contributed by atoms with Gasteiger partial charge < -0.3 is 10.1 Å². The minimum Gasteiger partial charge on any atom is -0.472 e. The highest BCUT2D eigenvalue weighted by molar-refractivity contribution is 6.35. The zero-order valence-corrected chi connectivity index (χ0v) is 11.2. The van der Waals surface area contributed by atoms with E-state index in [1.807, 2.05) is 0 Å². The Labute approximate surface area is 115 Å². The minimum absolute atomic E-state index is 0.256. The van der Waals surface area contributed by atoms with Crippen LogP contribution in [0.4, 0.5) is 5.82 Å². The molecule has 0 bridgehead atoms. The lowest BCUT2D eigenvalue weighted by Crippen LogP contribution is -2.00. The van der Waals surface area contributed by atoms with Crippen LogP contribution in [0.15, 0.2) is 30.6 Å². The first-order valence-corrected chi connectivity index (χ1v) is 6.02. The molecule has 1 heterocycles. The summed E-state index contributed by atoms with van der Waals surface area (Å²) in [5.41, 5.74) is 0.736. The third kappa shape index (κ3) is 3.03. The Morgan fingerprint density at radius 1 is 1.17 bits per heavy atom. The van der Waals surface area contributed by atoms with E-state index < -0.39 is 0 Å². The molecule has 0 atom stereocenters. The molecule has 4 nitrogen and oxygen atoms in total. The molecule has 2 aromatic rings. The number of anilines is 1. The van der Waals surface area contributed by atoms with Crippen LogP contribution in [0.2, 0.25) is 10.0 Å². The average molecular weight is 284 g/mol. The largest absolute Gasteiger partial charge is 0.472 e. The molecular formula is C12H11Cl2N3O. The normalized spacial score (nSPS) is 10.2. The second-order valence-electron chi connectivity index (χ2n) is 3.48. The molecule has 2 rings (SSSR count). The van der Waals surface area contributed by atoms with Crippen LogP contribution >= 0.6 is 23.2 Å². The molecule has 0 saturated heterocycles. The van der Waals surface area contributed by atoms with Crippen LogP contribution in [0, 0.1) is 0 Å². The molecule has 0 unspecified atom stereocenters. The second kappa shape index (κ2) is 5.89. The van der Waals surface area contributed by atoms with E-state index in [0.29, 0.717) is 21.7 Å². The average Bonchev–Trinajstić information content (AvgIpc) is 2.39. The van der Waals surface area contributed by atoms with E-state index in [4.69, 9.17) is 27.9 Å². The fourth-order valence-corrected chi connectivity index (χ4v) is 1.84. The van der Waals surface area contributed by atoms with Crippen LogP contribution in [-0.2, 0) is 6.61 Å². The number of halogens is 2. The van der Waals surface area contributed by atoms with Crippen molar-refractivity contribution in [1.82, 2.24) is 9.97 Å². The van der Waals surface area contributed by atoms with E-state index >= 15 is 0 Å². The maximum atomic E-state index is 6.03. The summed E-state index contributed by atoms with van der Waals surface area (Å²) < 4.78 is 5.48. The van der Waals surface area contributed by atoms with Crippen LogP contribution in [0.1, 0.15) is 5.56 Å². The smallest absolute Gasteiger partial charge is 0.232 e. The number of benzene rings is 1. The van der Waals surface area contributed by atoms with Gasteiger partial charge in [0.1, 0.15) is 12.4 Å². The Bertz CT molecular complexity index is 511. The molecule has 1 N–H and O–H groups in total. The van der Waals surface area contributed by atoms with Crippen LogP contribution < -0.4 is 10.1 Å². The molecule has 0 saturated carbocycles. The predicted octanol–water partition coefficient (Wildman–Crippen LogP) is 3.40. The lowest BCUT2D eigenvalue weighted by atomic mass is 10.2. The summed E-state index contributed by atoms with van der Waals surface area (Å²) in [6.45, 7) is 0.256. The first-order valence-electron chi connectivity index (χ1n) is 5.26. The van der Waals surface area contributed by atoms with Crippen molar-refractivity contribution in [1.29, 1.82) is 0 Å². The number of ether oxygens (including phenoxy) is 1. The van der Waals surface area contributed by atoms with E-state index in [-0.39, 0.29) is 6.61 Å². The van der Waals surface area contributed by atoms with Crippen molar-refractivity contribution in [3.05, 3.63) is 46.2 Å². The first-order chi connectivity index (χ1) is 8.70. The number of aromatic nitrogens is 2. The van der Waals surface area contributed by atoms with E-state index in [1.165, 1.54) is 6.20 Å². The SMILES string of the molecule is CNc1cnc(OCc2c(Cl)cccc2Cl)cn1. The highest BCUT2D eigenvalue weighted by Crippen LogP contribution is 2.25. The molecule has 0 amide bonds. The van der Waals surface area contributed by atoms with Gasteiger partial charge in [0, 0.05) is 22.7 Å². The zero-order valence-electron chi connectivity index (χ0n) is 9.65. The van der Waals surface area contributed by atoms with E-state index in [2.05, 4.69) is 15.3 Å². The molecule has 6 heteroatoms. The molecule has 0 aliphatic carbocycles. The van der Waals surface area contributed by atoms with Gasteiger partial charge in [0.2, 0.25) is 5.88 Å². The Morgan fingerprint density at radius 3 is 2.44 bits per heavy atom. The van der Waals surface area contributed by atoms with Crippen molar-refractivity contribution in [2.45, 2.75) is 6.61 Å². The Hall–Kier alpha value is -1.52. The third-order valence-electron chi connectivity index (χ3n) is 2.31. The summed E-state index contributed by atoms with van der Waals surface area (Å²) in [5, 5.41) is 4.02. The van der Waals surface area contributed by atoms with E-state index in [9.17, 15) is 0 Å². The molecule has 94 valence electrons. The number of hydrogen-bond acceptors (Lipinski definition) is 4. The maximum absolute atomic E-state index is 6.03. The van der Waals surface area contributed by atoms with Crippen molar-refractivity contribution in [2.75, 3.05) is 12.4 Å². The van der Waals surface area contributed by atoms with Gasteiger partial charge in [-0.05, 0) is 12.1 Å². The van der Waals surface area contributed by atoms with E-state index in [1.54, 1.807) is 31.4 Å². The minimum atomic E-state index is 0.256. The van der Waals surface area contributed by atoms with Crippen LogP contribution in [0.5, 0.6) is 5.88 Å². The molecule has 18 heavy (non-hydrogen) atoms. The summed E-state index contributed by atoms with van der Waals surface area (Å²) >= 11 is 12.1. The number of hydrogen-bond donors (Lipinski definition) is 1. The van der Waals surface area contributed by atoms with Gasteiger partial charge in [0.15, 0.2) is 0 Å². The third-order valence-corrected chi connectivity index (χ3v) is 3.02. The predicted molar refractivity (Wildman–Crippen MR) is 72.4 cm³/mol. The van der Waals surface area contributed by atoms with Gasteiger partial charge in [-0.15, -0.1) is 0 Å². The molecule has 0 fully saturated rings. The van der Waals surface area contributed by atoms with Crippen molar-refractivity contribution in [2.24, 2.45) is 0 Å². The van der Waals surface area contributed by atoms with Gasteiger partial charge in [-0.3, -0.25) is 0 Å². The Kier molecular flexibility index (Phi) is 4.23. The van der Waals surface area contributed by atoms with Crippen LogP contribution in [0.3, 0.4) is 0 Å². The van der Waals surface area contributed by atoms with Gasteiger partial charge >= 0.3 is 0 Å². The van der Waals surface area contributed by atoms with Crippen molar-refractivity contribution in [3.63, 3.8) is 0 Å². The molecule has 0 spiro atoms. The topological polar surface area (TPSA) is 47.0 Å². The molecular weight excluding hydrogens is 273 g/mol. The summed E-state index contributed by atoms with van der Waals surface area (Å²) in [6, 6.07) is 5.32.